The second-order valence-electron chi connectivity index (χ2n) is 6.66. The smallest absolute Gasteiger partial charge is 0.268 e. The molecular formula is C23H20BrIN4O4S. The first kappa shape index (κ1) is 25.9. The Morgan fingerprint density at radius 3 is 2.62 bits per heavy atom. The van der Waals surface area contributed by atoms with Gasteiger partial charge in [0.15, 0.2) is 11.5 Å². The van der Waals surface area contributed by atoms with Crippen molar-refractivity contribution in [2.45, 2.75) is 13.3 Å². The molecule has 1 heterocycles. The first-order valence-corrected chi connectivity index (χ1v) is 12.8. The average molecular weight is 655 g/mol. The van der Waals surface area contributed by atoms with E-state index in [-0.39, 0.29) is 5.57 Å². The highest BCUT2D eigenvalue weighted by Gasteiger charge is 2.15. The number of carbonyl (C=O) groups is 1. The van der Waals surface area contributed by atoms with E-state index in [1.807, 2.05) is 37.3 Å². The van der Waals surface area contributed by atoms with Gasteiger partial charge in [0.1, 0.15) is 35.6 Å². The molecule has 11 heteroatoms. The molecule has 0 spiro atoms. The van der Waals surface area contributed by atoms with Gasteiger partial charge in [0.2, 0.25) is 5.13 Å². The van der Waals surface area contributed by atoms with Crippen LogP contribution in [0, 0.1) is 14.9 Å². The molecule has 0 unspecified atom stereocenters. The summed E-state index contributed by atoms with van der Waals surface area (Å²) in [5.41, 5.74) is 0.556. The number of rotatable bonds is 10. The number of methoxy groups -OCH3 is 1. The molecule has 1 N–H and O–H groups in total. The maximum atomic E-state index is 12.5. The topological polar surface area (TPSA) is 106 Å². The van der Waals surface area contributed by atoms with Gasteiger partial charge in [0.25, 0.3) is 5.91 Å². The Balaban J connectivity index is 1.68. The van der Waals surface area contributed by atoms with Crippen LogP contribution in [0.15, 0.2) is 46.4 Å². The number of amides is 1. The van der Waals surface area contributed by atoms with Crippen molar-refractivity contribution in [1.82, 2.24) is 10.2 Å². The van der Waals surface area contributed by atoms with Gasteiger partial charge in [0, 0.05) is 4.47 Å². The molecule has 176 valence electrons. The summed E-state index contributed by atoms with van der Waals surface area (Å²) in [6.07, 6.45) is 2.21. The molecule has 8 nitrogen and oxygen atoms in total. The SMILES string of the molecule is CCc1nnc(NC(=O)/C(C#N)=C\c2cc(I)c(OCCOc3ccc(Br)cc3)c(OC)c2)s1. The van der Waals surface area contributed by atoms with Gasteiger partial charge in [-0.3, -0.25) is 10.1 Å². The van der Waals surface area contributed by atoms with Gasteiger partial charge in [0.05, 0.1) is 10.7 Å². The zero-order valence-corrected chi connectivity index (χ0v) is 22.9. The highest BCUT2D eigenvalue weighted by atomic mass is 127. The van der Waals surface area contributed by atoms with Crippen molar-refractivity contribution >= 4 is 67.0 Å². The highest BCUT2D eigenvalue weighted by Crippen LogP contribution is 2.34. The first-order chi connectivity index (χ1) is 16.4. The maximum Gasteiger partial charge on any atom is 0.268 e. The minimum absolute atomic E-state index is 0.0670. The summed E-state index contributed by atoms with van der Waals surface area (Å²) >= 11 is 6.79. The van der Waals surface area contributed by atoms with Crippen LogP contribution in [-0.2, 0) is 11.2 Å². The van der Waals surface area contributed by atoms with Crippen molar-refractivity contribution in [3.05, 3.63) is 60.6 Å². The average Bonchev–Trinajstić information content (AvgIpc) is 3.29. The van der Waals surface area contributed by atoms with Gasteiger partial charge < -0.3 is 14.2 Å². The van der Waals surface area contributed by atoms with Crippen LogP contribution in [0.1, 0.15) is 17.5 Å². The first-order valence-electron chi connectivity index (χ1n) is 10.1. The van der Waals surface area contributed by atoms with Gasteiger partial charge in [-0.25, -0.2) is 0 Å². The Morgan fingerprint density at radius 2 is 1.97 bits per heavy atom. The molecule has 0 saturated heterocycles. The summed E-state index contributed by atoms with van der Waals surface area (Å²) in [4.78, 5) is 12.5. The van der Waals surface area contributed by atoms with Crippen molar-refractivity contribution in [2.75, 3.05) is 25.6 Å². The van der Waals surface area contributed by atoms with E-state index >= 15 is 0 Å². The fourth-order valence-electron chi connectivity index (χ4n) is 2.72. The summed E-state index contributed by atoms with van der Waals surface area (Å²) in [5.74, 6) is 1.23. The number of halogens is 2. The minimum Gasteiger partial charge on any atom is -0.493 e. The van der Waals surface area contributed by atoms with Crippen molar-refractivity contribution in [2.24, 2.45) is 0 Å². The van der Waals surface area contributed by atoms with Gasteiger partial charge in [-0.15, -0.1) is 10.2 Å². The van der Waals surface area contributed by atoms with Crippen LogP contribution < -0.4 is 19.5 Å². The quantitative estimate of drug-likeness (QED) is 0.134. The number of nitriles is 1. The molecule has 2 aromatic carbocycles. The van der Waals surface area contributed by atoms with Crippen LogP contribution in [-0.4, -0.2) is 36.4 Å². The lowest BCUT2D eigenvalue weighted by Crippen LogP contribution is -2.13. The number of aryl methyl sites for hydroxylation is 1. The Bertz CT molecular complexity index is 1220. The molecule has 0 aliphatic heterocycles. The monoisotopic (exact) mass is 654 g/mol. The van der Waals surface area contributed by atoms with Crippen LogP contribution in [0.25, 0.3) is 6.08 Å². The van der Waals surface area contributed by atoms with E-state index in [4.69, 9.17) is 14.2 Å². The van der Waals surface area contributed by atoms with Gasteiger partial charge in [-0.05, 0) is 77.0 Å². The number of benzene rings is 2. The molecule has 0 bridgehead atoms. The second kappa shape index (κ2) is 12.7. The Morgan fingerprint density at radius 1 is 1.24 bits per heavy atom. The van der Waals surface area contributed by atoms with Crippen LogP contribution in [0.4, 0.5) is 5.13 Å². The fourth-order valence-corrected chi connectivity index (χ4v) is 4.44. The van der Waals surface area contributed by atoms with Gasteiger partial charge >= 0.3 is 0 Å². The number of aromatic nitrogens is 2. The lowest BCUT2D eigenvalue weighted by Gasteiger charge is -2.14. The highest BCUT2D eigenvalue weighted by molar-refractivity contribution is 14.1. The molecule has 0 fully saturated rings. The molecule has 3 rings (SSSR count). The number of anilines is 1. The molecule has 0 radical (unpaired) electrons. The second-order valence-corrected chi connectivity index (χ2v) is 9.80. The van der Waals surface area contributed by atoms with Crippen molar-refractivity contribution in [1.29, 1.82) is 5.26 Å². The number of hydrogen-bond donors (Lipinski definition) is 1. The number of ether oxygens (including phenoxy) is 3. The van der Waals surface area contributed by atoms with E-state index in [0.29, 0.717) is 35.4 Å². The summed E-state index contributed by atoms with van der Waals surface area (Å²) in [6, 6.07) is 13.0. The molecule has 1 aromatic heterocycles. The molecule has 0 saturated carbocycles. The fraction of sp³-hybridized carbons (Fsp3) is 0.217. The summed E-state index contributed by atoms with van der Waals surface area (Å²) in [6.45, 7) is 2.61. The van der Waals surface area contributed by atoms with Gasteiger partial charge in [-0.2, -0.15) is 5.26 Å². The van der Waals surface area contributed by atoms with Crippen LogP contribution >= 0.6 is 49.9 Å². The number of nitrogens with zero attached hydrogens (tertiary/aromatic N) is 3. The van der Waals surface area contributed by atoms with E-state index in [1.165, 1.54) is 24.5 Å². The lowest BCUT2D eigenvalue weighted by atomic mass is 10.1. The van der Waals surface area contributed by atoms with E-state index in [2.05, 4.69) is 54.0 Å². The zero-order chi connectivity index (χ0) is 24.5. The van der Waals surface area contributed by atoms with Crippen LogP contribution in [0.2, 0.25) is 0 Å². The normalized spacial score (nSPS) is 11.0. The molecule has 34 heavy (non-hydrogen) atoms. The summed E-state index contributed by atoms with van der Waals surface area (Å²) in [5, 5.41) is 21.1. The van der Waals surface area contributed by atoms with E-state index in [0.717, 1.165) is 25.2 Å². The Labute approximate surface area is 223 Å². The van der Waals surface area contributed by atoms with E-state index in [9.17, 15) is 10.1 Å². The third-order valence-corrected chi connectivity index (χ3v) is 6.64. The van der Waals surface area contributed by atoms with E-state index < -0.39 is 5.91 Å². The molecule has 0 aliphatic carbocycles. The van der Waals surface area contributed by atoms with Crippen LogP contribution in [0.5, 0.6) is 17.2 Å². The number of nitrogens with one attached hydrogen (secondary N) is 1. The maximum absolute atomic E-state index is 12.5. The predicted octanol–water partition coefficient (Wildman–Crippen LogP) is 5.48. The predicted molar refractivity (Wildman–Crippen MR) is 142 cm³/mol. The summed E-state index contributed by atoms with van der Waals surface area (Å²) < 4.78 is 18.8. The Kier molecular flexibility index (Phi) is 9.67. The third-order valence-electron chi connectivity index (χ3n) is 4.33. The molecule has 3 aromatic rings. The van der Waals surface area contributed by atoms with E-state index in [1.54, 1.807) is 12.1 Å². The molecule has 0 atom stereocenters. The largest absolute Gasteiger partial charge is 0.493 e. The number of hydrogen-bond acceptors (Lipinski definition) is 8. The van der Waals surface area contributed by atoms with Crippen LogP contribution in [0.3, 0.4) is 0 Å². The molecule has 0 aliphatic rings. The van der Waals surface area contributed by atoms with Crippen molar-refractivity contribution < 1.29 is 19.0 Å². The summed E-state index contributed by atoms with van der Waals surface area (Å²) in [7, 11) is 1.53. The Hall–Kier alpha value is -2.69. The zero-order valence-electron chi connectivity index (χ0n) is 18.3. The number of carbonyl (C=O) groups excluding carboxylic acids is 1. The lowest BCUT2D eigenvalue weighted by molar-refractivity contribution is -0.112. The minimum atomic E-state index is -0.555. The standard InChI is InChI=1S/C23H20BrIN4O4S/c1-3-20-28-29-23(34-20)27-22(30)15(13-26)10-14-11-18(25)21(19(12-14)31-2)33-9-8-32-17-6-4-16(24)5-7-17/h4-7,10-12H,3,8-9H2,1-2H3,(H,27,29,30)/b15-10-. The molecule has 1 amide bonds. The van der Waals surface area contributed by atoms with Crippen molar-refractivity contribution in [3.8, 4) is 23.3 Å². The van der Waals surface area contributed by atoms with Crippen molar-refractivity contribution in [3.63, 3.8) is 0 Å². The van der Waals surface area contributed by atoms with Gasteiger partial charge in [-0.1, -0.05) is 34.2 Å². The molecular weight excluding hydrogens is 635 g/mol. The third kappa shape index (κ3) is 7.15.